The number of hydrogen-bond acceptors (Lipinski definition) is 5. The van der Waals surface area contributed by atoms with Gasteiger partial charge in [-0.15, -0.1) is 0 Å². The van der Waals surface area contributed by atoms with E-state index in [2.05, 4.69) is 10.1 Å². The first kappa shape index (κ1) is 19.7. The Morgan fingerprint density at radius 2 is 1.83 bits per heavy atom. The van der Waals surface area contributed by atoms with Crippen molar-refractivity contribution in [1.29, 1.82) is 0 Å². The summed E-state index contributed by atoms with van der Waals surface area (Å²) in [6.45, 7) is -2.74. The van der Waals surface area contributed by atoms with Gasteiger partial charge in [-0.3, -0.25) is 0 Å². The predicted octanol–water partition coefficient (Wildman–Crippen LogP) is 1.57. The molecule has 0 heterocycles. The Kier molecular flexibility index (Phi) is 8.03. The smallest absolute Gasteiger partial charge is 0.345 e. The highest BCUT2D eigenvalue weighted by molar-refractivity contribution is 5.21. The third kappa shape index (κ3) is 5.74. The van der Waals surface area contributed by atoms with E-state index in [1.165, 1.54) is 38.2 Å². The van der Waals surface area contributed by atoms with Gasteiger partial charge in [0.15, 0.2) is 0 Å². The SMILES string of the molecule is O[C@@H]1[C@@H](O)[C@@H](O)C(COC(F)F)=C[C@H]1NCCCC1CCCCC1. The summed E-state index contributed by atoms with van der Waals surface area (Å²) in [6, 6.07) is -0.578. The Morgan fingerprint density at radius 3 is 2.50 bits per heavy atom. The second-order valence-electron chi connectivity index (χ2n) is 6.87. The van der Waals surface area contributed by atoms with Crippen LogP contribution >= 0.6 is 0 Å². The number of rotatable bonds is 8. The number of halogens is 2. The first-order valence-corrected chi connectivity index (χ1v) is 8.87. The molecule has 7 heteroatoms. The van der Waals surface area contributed by atoms with E-state index in [0.29, 0.717) is 6.54 Å². The summed E-state index contributed by atoms with van der Waals surface area (Å²) in [5, 5.41) is 32.9. The van der Waals surface area contributed by atoms with Gasteiger partial charge < -0.3 is 25.4 Å². The minimum Gasteiger partial charge on any atom is -0.388 e. The van der Waals surface area contributed by atoms with Gasteiger partial charge in [0.25, 0.3) is 0 Å². The molecule has 0 radical (unpaired) electrons. The van der Waals surface area contributed by atoms with Gasteiger partial charge in [0.2, 0.25) is 0 Å². The summed E-state index contributed by atoms with van der Waals surface area (Å²) in [5.41, 5.74) is 0.165. The minimum atomic E-state index is -2.94. The lowest BCUT2D eigenvalue weighted by Gasteiger charge is -2.35. The van der Waals surface area contributed by atoms with E-state index in [1.54, 1.807) is 0 Å². The molecule has 5 nitrogen and oxygen atoms in total. The van der Waals surface area contributed by atoms with E-state index < -0.39 is 37.6 Å². The Morgan fingerprint density at radius 1 is 1.12 bits per heavy atom. The van der Waals surface area contributed by atoms with Gasteiger partial charge in [-0.2, -0.15) is 8.78 Å². The van der Waals surface area contributed by atoms with Gasteiger partial charge in [-0.1, -0.05) is 38.2 Å². The van der Waals surface area contributed by atoms with Crippen LogP contribution in [-0.4, -0.2) is 59.4 Å². The standard InChI is InChI=1S/C17H29F2NO4/c18-17(19)24-10-12-9-13(15(22)16(23)14(12)21)20-8-4-7-11-5-2-1-3-6-11/h9,11,13-17,20-23H,1-8,10H2/t13-,14+,15+,16+/m1/s1. The number of ether oxygens (including phenoxy) is 1. The molecule has 2 aliphatic carbocycles. The van der Waals surface area contributed by atoms with Crippen LogP contribution in [0.25, 0.3) is 0 Å². The van der Waals surface area contributed by atoms with Gasteiger partial charge in [0, 0.05) is 0 Å². The van der Waals surface area contributed by atoms with Crippen molar-refractivity contribution in [2.45, 2.75) is 75.9 Å². The highest BCUT2D eigenvalue weighted by Gasteiger charge is 2.37. The van der Waals surface area contributed by atoms with Crippen LogP contribution in [0.3, 0.4) is 0 Å². The molecular weight excluding hydrogens is 320 g/mol. The molecule has 0 spiro atoms. The molecule has 0 unspecified atom stereocenters. The summed E-state index contributed by atoms with van der Waals surface area (Å²) >= 11 is 0. The first-order valence-electron chi connectivity index (χ1n) is 8.87. The highest BCUT2D eigenvalue weighted by atomic mass is 19.3. The summed E-state index contributed by atoms with van der Waals surface area (Å²) in [5.74, 6) is 0.773. The van der Waals surface area contributed by atoms with Crippen molar-refractivity contribution in [3.05, 3.63) is 11.6 Å². The number of nitrogens with one attached hydrogen (secondary N) is 1. The van der Waals surface area contributed by atoms with Crippen LogP contribution < -0.4 is 5.32 Å². The zero-order valence-corrected chi connectivity index (χ0v) is 13.9. The van der Waals surface area contributed by atoms with Crippen LogP contribution in [0.4, 0.5) is 8.78 Å². The maximum absolute atomic E-state index is 12.2. The summed E-state index contributed by atoms with van der Waals surface area (Å²) in [4.78, 5) is 0. The van der Waals surface area contributed by atoms with Crippen LogP contribution in [0, 0.1) is 5.92 Å². The number of hydrogen-bond donors (Lipinski definition) is 4. The molecule has 0 aliphatic heterocycles. The zero-order valence-electron chi connectivity index (χ0n) is 13.9. The zero-order chi connectivity index (χ0) is 17.5. The fraction of sp³-hybridized carbons (Fsp3) is 0.882. The molecule has 24 heavy (non-hydrogen) atoms. The van der Waals surface area contributed by atoms with Crippen LogP contribution in [0.1, 0.15) is 44.9 Å². The van der Waals surface area contributed by atoms with E-state index in [0.717, 1.165) is 18.8 Å². The first-order chi connectivity index (χ1) is 11.5. The Labute approximate surface area is 141 Å². The Bertz CT molecular complexity index is 402. The Hall–Kier alpha value is -0.600. The Balaban J connectivity index is 1.80. The van der Waals surface area contributed by atoms with Crippen molar-refractivity contribution in [2.75, 3.05) is 13.2 Å². The lowest BCUT2D eigenvalue weighted by Crippen LogP contribution is -2.54. The maximum atomic E-state index is 12.2. The van der Waals surface area contributed by atoms with Crippen molar-refractivity contribution < 1.29 is 28.8 Å². The summed E-state index contributed by atoms with van der Waals surface area (Å²) in [6.07, 6.45) is 6.11. The quantitative estimate of drug-likeness (QED) is 0.395. The molecule has 140 valence electrons. The fourth-order valence-corrected chi connectivity index (χ4v) is 3.65. The van der Waals surface area contributed by atoms with E-state index in [4.69, 9.17) is 0 Å². The molecular formula is C17H29F2NO4. The fourth-order valence-electron chi connectivity index (χ4n) is 3.65. The van der Waals surface area contributed by atoms with Crippen molar-refractivity contribution in [3.63, 3.8) is 0 Å². The van der Waals surface area contributed by atoms with Crippen LogP contribution in [0.15, 0.2) is 11.6 Å². The van der Waals surface area contributed by atoms with Crippen molar-refractivity contribution >= 4 is 0 Å². The maximum Gasteiger partial charge on any atom is 0.345 e. The van der Waals surface area contributed by atoms with E-state index in [-0.39, 0.29) is 5.57 Å². The van der Waals surface area contributed by atoms with Crippen LogP contribution in [-0.2, 0) is 4.74 Å². The number of aliphatic hydroxyl groups excluding tert-OH is 3. The van der Waals surface area contributed by atoms with Crippen molar-refractivity contribution in [2.24, 2.45) is 5.92 Å². The van der Waals surface area contributed by atoms with Gasteiger partial charge in [-0.25, -0.2) is 0 Å². The molecule has 0 aromatic carbocycles. The molecule has 0 aromatic heterocycles. The summed E-state index contributed by atoms with van der Waals surface area (Å²) in [7, 11) is 0. The molecule has 0 amide bonds. The van der Waals surface area contributed by atoms with Crippen LogP contribution in [0.5, 0.6) is 0 Å². The molecule has 2 aliphatic rings. The highest BCUT2D eigenvalue weighted by Crippen LogP contribution is 2.27. The van der Waals surface area contributed by atoms with Gasteiger partial charge in [0.1, 0.15) is 18.3 Å². The molecule has 0 bridgehead atoms. The lowest BCUT2D eigenvalue weighted by atomic mass is 9.86. The second kappa shape index (κ2) is 9.77. The number of alkyl halides is 2. The number of aliphatic hydroxyl groups is 3. The van der Waals surface area contributed by atoms with E-state index in [1.807, 2.05) is 0 Å². The van der Waals surface area contributed by atoms with Gasteiger partial charge in [-0.05, 0) is 30.9 Å². The monoisotopic (exact) mass is 349 g/mol. The average Bonchev–Trinajstić information content (AvgIpc) is 2.58. The third-order valence-corrected chi connectivity index (χ3v) is 5.08. The minimum absolute atomic E-state index is 0.165. The van der Waals surface area contributed by atoms with E-state index in [9.17, 15) is 24.1 Å². The molecule has 4 N–H and O–H groups in total. The van der Waals surface area contributed by atoms with Gasteiger partial charge >= 0.3 is 6.61 Å². The van der Waals surface area contributed by atoms with E-state index >= 15 is 0 Å². The summed E-state index contributed by atoms with van der Waals surface area (Å²) < 4.78 is 28.5. The lowest BCUT2D eigenvalue weighted by molar-refractivity contribution is -0.129. The molecule has 0 saturated heterocycles. The average molecular weight is 349 g/mol. The molecule has 1 fully saturated rings. The van der Waals surface area contributed by atoms with Gasteiger partial charge in [0.05, 0.1) is 12.6 Å². The largest absolute Gasteiger partial charge is 0.388 e. The van der Waals surface area contributed by atoms with Crippen molar-refractivity contribution in [3.8, 4) is 0 Å². The predicted molar refractivity (Wildman–Crippen MR) is 85.7 cm³/mol. The molecule has 2 rings (SSSR count). The van der Waals surface area contributed by atoms with Crippen LogP contribution in [0.2, 0.25) is 0 Å². The second-order valence-corrected chi connectivity index (χ2v) is 6.87. The topological polar surface area (TPSA) is 82.0 Å². The normalized spacial score (nSPS) is 32.2. The molecule has 1 saturated carbocycles. The molecule has 4 atom stereocenters. The van der Waals surface area contributed by atoms with Crippen molar-refractivity contribution in [1.82, 2.24) is 5.32 Å². The molecule has 0 aromatic rings. The third-order valence-electron chi connectivity index (χ3n) is 5.08.